The summed E-state index contributed by atoms with van der Waals surface area (Å²) < 4.78 is 1.51. The second-order valence-electron chi connectivity index (χ2n) is 7.46. The minimum Gasteiger partial charge on any atom is -0.481 e. The molecule has 1 aliphatic rings. The third-order valence-electron chi connectivity index (χ3n) is 5.53. The van der Waals surface area contributed by atoms with Gasteiger partial charge >= 0.3 is 5.97 Å². The average Bonchev–Trinajstić information content (AvgIpc) is 3.26. The van der Waals surface area contributed by atoms with E-state index in [4.69, 9.17) is 0 Å². The molecule has 0 radical (unpaired) electrons. The Bertz CT molecular complexity index is 934. The molecule has 0 saturated carbocycles. The number of carbonyl (C=O) groups is 2. The van der Waals surface area contributed by atoms with Gasteiger partial charge < -0.3 is 10.0 Å². The Labute approximate surface area is 161 Å². The van der Waals surface area contributed by atoms with Gasteiger partial charge in [-0.15, -0.1) is 0 Å². The number of carboxylic acids is 1. The van der Waals surface area contributed by atoms with Crippen LogP contribution < -0.4 is 0 Å². The number of nitrogens with zero attached hydrogens (tertiary/aromatic N) is 4. The van der Waals surface area contributed by atoms with Crippen molar-refractivity contribution in [2.75, 3.05) is 13.1 Å². The predicted octanol–water partition coefficient (Wildman–Crippen LogP) is 2.57. The zero-order chi connectivity index (χ0) is 20.6. The molecular weight excluding hydrogens is 364 g/mol. The monoisotopic (exact) mass is 386 g/mol. The summed E-state index contributed by atoms with van der Waals surface area (Å²) in [6.45, 7) is 4.22. The molecule has 1 aromatic heterocycles. The van der Waals surface area contributed by atoms with Crippen LogP contribution in [-0.2, 0) is 11.8 Å². The van der Waals surface area contributed by atoms with Gasteiger partial charge in [0.1, 0.15) is 5.69 Å². The van der Waals surface area contributed by atoms with Crippen molar-refractivity contribution < 1.29 is 19.6 Å². The summed E-state index contributed by atoms with van der Waals surface area (Å²) in [6, 6.07) is 5.83. The molecular formula is C19H22N4O5. The number of amides is 1. The number of nitro benzene ring substituents is 1. The molecule has 1 aliphatic heterocycles. The molecule has 1 aromatic carbocycles. The number of rotatable bonds is 5. The number of hydrogen-bond donors (Lipinski definition) is 1. The highest BCUT2D eigenvalue weighted by Gasteiger charge is 2.48. The molecule has 3 rings (SSSR count). The van der Waals surface area contributed by atoms with Crippen LogP contribution in [0.3, 0.4) is 0 Å². The Morgan fingerprint density at radius 2 is 1.93 bits per heavy atom. The fraction of sp³-hybridized carbons (Fsp3) is 0.421. The van der Waals surface area contributed by atoms with E-state index < -0.39 is 16.3 Å². The fourth-order valence-corrected chi connectivity index (χ4v) is 3.67. The van der Waals surface area contributed by atoms with Crippen molar-refractivity contribution in [2.24, 2.45) is 18.4 Å². The summed E-state index contributed by atoms with van der Waals surface area (Å²) in [7, 11) is 1.69. The van der Waals surface area contributed by atoms with Crippen molar-refractivity contribution >= 4 is 17.6 Å². The third kappa shape index (κ3) is 3.23. The van der Waals surface area contributed by atoms with Gasteiger partial charge in [-0.05, 0) is 24.5 Å². The van der Waals surface area contributed by atoms with Crippen molar-refractivity contribution in [3.63, 3.8) is 0 Å². The van der Waals surface area contributed by atoms with Gasteiger partial charge in [-0.2, -0.15) is 5.10 Å². The van der Waals surface area contributed by atoms with Gasteiger partial charge in [0.15, 0.2) is 0 Å². The molecule has 9 heteroatoms. The van der Waals surface area contributed by atoms with Crippen molar-refractivity contribution in [2.45, 2.75) is 20.3 Å². The minimum atomic E-state index is -0.953. The maximum Gasteiger partial charge on any atom is 0.311 e. The van der Waals surface area contributed by atoms with E-state index in [0.29, 0.717) is 29.8 Å². The second kappa shape index (κ2) is 7.06. The SMILES string of the molecule is CC(C)C1(C(=O)O)CCN(C(=O)c2cn(C)nc2-c2ccc([N+](=O)[O-])cc2)C1. The van der Waals surface area contributed by atoms with E-state index in [0.717, 1.165) is 0 Å². The molecule has 1 amide bonds. The van der Waals surface area contributed by atoms with E-state index in [-0.39, 0.29) is 24.1 Å². The number of aryl methyl sites for hydroxylation is 1. The number of non-ortho nitro benzene ring substituents is 1. The normalized spacial score (nSPS) is 19.2. The van der Waals surface area contributed by atoms with Crippen LogP contribution in [0, 0.1) is 21.4 Å². The first-order valence-electron chi connectivity index (χ1n) is 8.97. The van der Waals surface area contributed by atoms with E-state index in [9.17, 15) is 24.8 Å². The van der Waals surface area contributed by atoms with Gasteiger partial charge in [-0.3, -0.25) is 24.4 Å². The second-order valence-corrected chi connectivity index (χ2v) is 7.46. The van der Waals surface area contributed by atoms with Gasteiger partial charge in [-0.25, -0.2) is 0 Å². The number of nitro groups is 1. The number of carboxylic acid groups (broad SMARTS) is 1. The molecule has 28 heavy (non-hydrogen) atoms. The predicted molar refractivity (Wildman–Crippen MR) is 101 cm³/mol. The van der Waals surface area contributed by atoms with Gasteiger partial charge in [0.25, 0.3) is 11.6 Å². The van der Waals surface area contributed by atoms with E-state index >= 15 is 0 Å². The van der Waals surface area contributed by atoms with Crippen LogP contribution in [0.5, 0.6) is 0 Å². The number of hydrogen-bond acceptors (Lipinski definition) is 5. The number of aromatic nitrogens is 2. The van der Waals surface area contributed by atoms with Crippen LogP contribution in [-0.4, -0.2) is 49.7 Å². The molecule has 148 valence electrons. The summed E-state index contributed by atoms with van der Waals surface area (Å²) in [6.07, 6.45) is 1.99. The molecule has 1 unspecified atom stereocenters. The first-order valence-corrected chi connectivity index (χ1v) is 8.97. The first-order chi connectivity index (χ1) is 13.2. The lowest BCUT2D eigenvalue weighted by atomic mass is 9.76. The van der Waals surface area contributed by atoms with E-state index in [1.54, 1.807) is 30.3 Å². The summed E-state index contributed by atoms with van der Waals surface area (Å²) >= 11 is 0. The number of benzene rings is 1. The van der Waals surface area contributed by atoms with Gasteiger partial charge in [0.2, 0.25) is 0 Å². The Hall–Kier alpha value is -3.23. The molecule has 0 spiro atoms. The molecule has 9 nitrogen and oxygen atoms in total. The van der Waals surface area contributed by atoms with Gasteiger partial charge in [0.05, 0.1) is 15.9 Å². The standard InChI is InChI=1S/C19H22N4O5/c1-12(2)19(18(25)26)8-9-22(11-19)17(24)15-10-21(3)20-16(15)13-4-6-14(7-5-13)23(27)28/h4-7,10,12H,8-9,11H2,1-3H3,(H,25,26). The van der Waals surface area contributed by atoms with Crippen molar-refractivity contribution in [1.29, 1.82) is 0 Å². The zero-order valence-electron chi connectivity index (χ0n) is 16.0. The molecule has 1 fully saturated rings. The van der Waals surface area contributed by atoms with E-state index in [1.807, 2.05) is 13.8 Å². The summed E-state index contributed by atoms with van der Waals surface area (Å²) in [5.41, 5.74) is 0.351. The van der Waals surface area contributed by atoms with Crippen LogP contribution in [0.15, 0.2) is 30.5 Å². The zero-order valence-corrected chi connectivity index (χ0v) is 16.0. The molecule has 1 saturated heterocycles. The lowest BCUT2D eigenvalue weighted by molar-refractivity contribution is -0.384. The lowest BCUT2D eigenvalue weighted by Gasteiger charge is -2.28. The molecule has 1 N–H and O–H groups in total. The number of likely N-dealkylation sites (tertiary alicyclic amines) is 1. The highest BCUT2D eigenvalue weighted by molar-refractivity contribution is 6.00. The van der Waals surface area contributed by atoms with Crippen LogP contribution in [0.2, 0.25) is 0 Å². The molecule has 0 bridgehead atoms. The van der Waals surface area contributed by atoms with Crippen molar-refractivity contribution in [3.8, 4) is 11.3 Å². The van der Waals surface area contributed by atoms with Gasteiger partial charge in [-0.1, -0.05) is 13.8 Å². The van der Waals surface area contributed by atoms with Crippen LogP contribution in [0.4, 0.5) is 5.69 Å². The first kappa shape index (κ1) is 19.5. The Kier molecular flexibility index (Phi) is 4.93. The Morgan fingerprint density at radius 3 is 2.43 bits per heavy atom. The Morgan fingerprint density at radius 1 is 1.29 bits per heavy atom. The van der Waals surface area contributed by atoms with Crippen molar-refractivity contribution in [3.05, 3.63) is 46.1 Å². The summed E-state index contributed by atoms with van der Waals surface area (Å²) in [5.74, 6) is -1.28. The summed E-state index contributed by atoms with van der Waals surface area (Å²) in [4.78, 5) is 36.9. The lowest BCUT2D eigenvalue weighted by Crippen LogP contribution is -2.40. The summed E-state index contributed by atoms with van der Waals surface area (Å²) in [5, 5.41) is 24.9. The maximum absolute atomic E-state index is 13.1. The number of carbonyl (C=O) groups excluding carboxylic acids is 1. The molecule has 0 aliphatic carbocycles. The highest BCUT2D eigenvalue weighted by atomic mass is 16.6. The highest BCUT2D eigenvalue weighted by Crippen LogP contribution is 2.39. The molecule has 1 atom stereocenters. The largest absolute Gasteiger partial charge is 0.481 e. The maximum atomic E-state index is 13.1. The van der Waals surface area contributed by atoms with Crippen LogP contribution in [0.25, 0.3) is 11.3 Å². The average molecular weight is 386 g/mol. The van der Waals surface area contributed by atoms with Crippen molar-refractivity contribution in [1.82, 2.24) is 14.7 Å². The van der Waals surface area contributed by atoms with Gasteiger partial charge in [0, 0.05) is 44.0 Å². The molecule has 2 aromatic rings. The third-order valence-corrected chi connectivity index (χ3v) is 5.53. The minimum absolute atomic E-state index is 0.0460. The quantitative estimate of drug-likeness (QED) is 0.623. The topological polar surface area (TPSA) is 119 Å². The van der Waals surface area contributed by atoms with E-state index in [1.165, 1.54) is 16.8 Å². The fourth-order valence-electron chi connectivity index (χ4n) is 3.67. The van der Waals surface area contributed by atoms with Crippen LogP contribution in [0.1, 0.15) is 30.6 Å². The van der Waals surface area contributed by atoms with E-state index in [2.05, 4.69) is 5.10 Å². The molecule has 2 heterocycles. The van der Waals surface area contributed by atoms with Crippen LogP contribution >= 0.6 is 0 Å². The smallest absolute Gasteiger partial charge is 0.311 e. The number of aliphatic carboxylic acids is 1. The Balaban J connectivity index is 1.92.